The highest BCUT2D eigenvalue weighted by atomic mass is 32.1. The van der Waals surface area contributed by atoms with E-state index in [1.54, 1.807) is 6.20 Å². The quantitative estimate of drug-likeness (QED) is 0.769. The number of nitrogens with one attached hydrogen (secondary N) is 1. The van der Waals surface area contributed by atoms with E-state index in [9.17, 15) is 4.79 Å². The molecule has 0 unspecified atom stereocenters. The number of nitrogens with zero attached hydrogens (tertiary/aromatic N) is 2. The fraction of sp³-hybridized carbons (Fsp3) is 0.125. The monoisotopic (exact) mass is 209 g/mol. The van der Waals surface area contributed by atoms with E-state index in [4.69, 9.17) is 4.74 Å². The Morgan fingerprint density at radius 1 is 1.57 bits per heavy atom. The second-order valence-corrected chi connectivity index (χ2v) is 3.50. The van der Waals surface area contributed by atoms with Crippen molar-refractivity contribution in [3.05, 3.63) is 29.0 Å². The molecule has 5 nitrogen and oxygen atoms in total. The third kappa shape index (κ3) is 1.51. The van der Waals surface area contributed by atoms with Crippen molar-refractivity contribution >= 4 is 17.1 Å². The van der Waals surface area contributed by atoms with Gasteiger partial charge in [-0.3, -0.25) is 9.89 Å². The molecule has 0 spiro atoms. The van der Waals surface area contributed by atoms with Crippen LogP contribution in [0.2, 0.25) is 0 Å². The lowest BCUT2D eigenvalue weighted by molar-refractivity contribution is 0.104. The molecule has 2 aromatic heterocycles. The highest BCUT2D eigenvalue weighted by molar-refractivity contribution is 7.15. The van der Waals surface area contributed by atoms with E-state index in [2.05, 4.69) is 15.2 Å². The second-order valence-electron chi connectivity index (χ2n) is 2.51. The zero-order valence-corrected chi connectivity index (χ0v) is 8.17. The van der Waals surface area contributed by atoms with Gasteiger partial charge < -0.3 is 4.74 Å². The van der Waals surface area contributed by atoms with Gasteiger partial charge in [-0.05, 0) is 0 Å². The molecule has 0 bridgehead atoms. The third-order valence-corrected chi connectivity index (χ3v) is 2.60. The molecule has 0 radical (unpaired) electrons. The Morgan fingerprint density at radius 2 is 2.43 bits per heavy atom. The van der Waals surface area contributed by atoms with E-state index < -0.39 is 0 Å². The van der Waals surface area contributed by atoms with Crippen LogP contribution < -0.4 is 4.74 Å². The number of ether oxygens (including phenoxy) is 1. The molecule has 2 rings (SSSR count). The minimum atomic E-state index is -0.0976. The topological polar surface area (TPSA) is 67.9 Å². The molecule has 6 heteroatoms. The van der Waals surface area contributed by atoms with Crippen LogP contribution in [0.3, 0.4) is 0 Å². The van der Waals surface area contributed by atoms with E-state index in [-0.39, 0.29) is 5.78 Å². The third-order valence-electron chi connectivity index (χ3n) is 1.64. The predicted molar refractivity (Wildman–Crippen MR) is 50.7 cm³/mol. The van der Waals surface area contributed by atoms with Gasteiger partial charge in [-0.15, -0.1) is 0 Å². The normalized spacial score (nSPS) is 10.1. The summed E-state index contributed by atoms with van der Waals surface area (Å²) < 4.78 is 4.89. The molecule has 0 aliphatic heterocycles. The Kier molecular flexibility index (Phi) is 2.28. The van der Waals surface area contributed by atoms with Crippen LogP contribution in [-0.2, 0) is 0 Å². The SMILES string of the molecule is COc1ncc(C(=O)c2cn[nH]c2)s1. The first-order chi connectivity index (χ1) is 6.81. The molecular weight excluding hydrogens is 202 g/mol. The number of hydrogen-bond donors (Lipinski definition) is 1. The number of carbonyl (C=O) groups excluding carboxylic acids is 1. The first kappa shape index (κ1) is 8.89. The number of aromatic nitrogens is 3. The second kappa shape index (κ2) is 3.59. The predicted octanol–water partition coefficient (Wildman–Crippen LogP) is 1.11. The number of thiazole rings is 1. The summed E-state index contributed by atoms with van der Waals surface area (Å²) in [6.45, 7) is 0. The lowest BCUT2D eigenvalue weighted by atomic mass is 10.2. The van der Waals surface area contributed by atoms with Crippen molar-refractivity contribution in [2.75, 3.05) is 7.11 Å². The molecule has 0 fully saturated rings. The van der Waals surface area contributed by atoms with Crippen LogP contribution in [0.5, 0.6) is 5.19 Å². The van der Waals surface area contributed by atoms with Crippen molar-refractivity contribution in [2.45, 2.75) is 0 Å². The van der Waals surface area contributed by atoms with Crippen LogP contribution in [0.15, 0.2) is 18.6 Å². The number of ketones is 1. The van der Waals surface area contributed by atoms with Gasteiger partial charge in [0.15, 0.2) is 0 Å². The Hall–Kier alpha value is -1.69. The average Bonchev–Trinajstić information content (AvgIpc) is 2.88. The van der Waals surface area contributed by atoms with E-state index in [0.29, 0.717) is 15.6 Å². The Morgan fingerprint density at radius 3 is 3.00 bits per heavy atom. The van der Waals surface area contributed by atoms with Crippen LogP contribution in [0.25, 0.3) is 0 Å². The van der Waals surface area contributed by atoms with Crippen molar-refractivity contribution in [3.63, 3.8) is 0 Å². The van der Waals surface area contributed by atoms with Crippen molar-refractivity contribution in [1.29, 1.82) is 0 Å². The zero-order chi connectivity index (χ0) is 9.97. The van der Waals surface area contributed by atoms with Crippen LogP contribution >= 0.6 is 11.3 Å². The maximum absolute atomic E-state index is 11.7. The van der Waals surface area contributed by atoms with Crippen molar-refractivity contribution in [1.82, 2.24) is 15.2 Å². The van der Waals surface area contributed by atoms with Crippen LogP contribution in [0.4, 0.5) is 0 Å². The summed E-state index contributed by atoms with van der Waals surface area (Å²) in [7, 11) is 1.52. The summed E-state index contributed by atoms with van der Waals surface area (Å²) in [5, 5.41) is 6.77. The fourth-order valence-electron chi connectivity index (χ4n) is 0.975. The summed E-state index contributed by atoms with van der Waals surface area (Å²) >= 11 is 1.21. The van der Waals surface area contributed by atoms with Gasteiger partial charge in [0.05, 0.1) is 29.9 Å². The molecule has 0 atom stereocenters. The highest BCUT2D eigenvalue weighted by Gasteiger charge is 2.13. The van der Waals surface area contributed by atoms with E-state index in [1.807, 2.05) is 0 Å². The van der Waals surface area contributed by atoms with E-state index >= 15 is 0 Å². The Labute approximate surface area is 83.8 Å². The molecule has 0 aliphatic rings. The van der Waals surface area contributed by atoms with Crippen molar-refractivity contribution in [2.24, 2.45) is 0 Å². The summed E-state index contributed by atoms with van der Waals surface area (Å²) in [5.41, 5.74) is 0.524. The maximum Gasteiger partial charge on any atom is 0.273 e. The number of carbonyl (C=O) groups is 1. The van der Waals surface area contributed by atoms with Gasteiger partial charge in [-0.1, -0.05) is 11.3 Å². The first-order valence-corrected chi connectivity index (χ1v) is 4.66. The number of methoxy groups -OCH3 is 1. The molecule has 0 aliphatic carbocycles. The number of aromatic amines is 1. The molecule has 0 saturated heterocycles. The zero-order valence-electron chi connectivity index (χ0n) is 7.35. The fourth-order valence-corrected chi connectivity index (χ4v) is 1.67. The standard InChI is InChI=1S/C8H7N3O2S/c1-13-8-9-4-6(14-8)7(12)5-2-10-11-3-5/h2-4H,1H3,(H,10,11). The summed E-state index contributed by atoms with van der Waals surface area (Å²) in [5.74, 6) is -0.0976. The van der Waals surface area contributed by atoms with Gasteiger partial charge in [0.25, 0.3) is 5.19 Å². The van der Waals surface area contributed by atoms with E-state index in [1.165, 1.54) is 30.8 Å². The smallest absolute Gasteiger partial charge is 0.273 e. The molecule has 0 amide bonds. The Balaban J connectivity index is 2.28. The molecule has 2 heterocycles. The van der Waals surface area contributed by atoms with Gasteiger partial charge in [0.1, 0.15) is 0 Å². The number of hydrogen-bond acceptors (Lipinski definition) is 5. The highest BCUT2D eigenvalue weighted by Crippen LogP contribution is 2.22. The summed E-state index contributed by atoms with van der Waals surface area (Å²) in [6, 6.07) is 0. The van der Waals surface area contributed by atoms with E-state index in [0.717, 1.165) is 0 Å². The Bertz CT molecular complexity index is 435. The largest absolute Gasteiger partial charge is 0.473 e. The number of rotatable bonds is 3. The van der Waals surface area contributed by atoms with Crippen LogP contribution in [0, 0.1) is 0 Å². The molecular formula is C8H7N3O2S. The van der Waals surface area contributed by atoms with Gasteiger partial charge in [-0.2, -0.15) is 5.10 Å². The maximum atomic E-state index is 11.7. The number of H-pyrrole nitrogens is 1. The van der Waals surface area contributed by atoms with Gasteiger partial charge in [-0.25, -0.2) is 4.98 Å². The molecule has 14 heavy (non-hydrogen) atoms. The average molecular weight is 209 g/mol. The minimum Gasteiger partial charge on any atom is -0.473 e. The summed E-state index contributed by atoms with van der Waals surface area (Å²) in [6.07, 6.45) is 4.53. The van der Waals surface area contributed by atoms with Gasteiger partial charge >= 0.3 is 0 Å². The lowest BCUT2D eigenvalue weighted by Crippen LogP contribution is -1.95. The van der Waals surface area contributed by atoms with Crippen LogP contribution in [0.1, 0.15) is 15.2 Å². The summed E-state index contributed by atoms with van der Waals surface area (Å²) in [4.78, 5) is 16.1. The molecule has 2 aromatic rings. The molecule has 0 saturated carbocycles. The minimum absolute atomic E-state index is 0.0976. The van der Waals surface area contributed by atoms with Gasteiger partial charge in [0.2, 0.25) is 5.78 Å². The molecule has 0 aromatic carbocycles. The van der Waals surface area contributed by atoms with Crippen molar-refractivity contribution < 1.29 is 9.53 Å². The molecule has 72 valence electrons. The first-order valence-electron chi connectivity index (χ1n) is 3.84. The van der Waals surface area contributed by atoms with Crippen LogP contribution in [-0.4, -0.2) is 28.1 Å². The lowest BCUT2D eigenvalue weighted by Gasteiger charge is -1.89. The molecule has 1 N–H and O–H groups in total. The van der Waals surface area contributed by atoms with Crippen molar-refractivity contribution in [3.8, 4) is 5.19 Å². The van der Waals surface area contributed by atoms with Gasteiger partial charge in [0, 0.05) is 6.20 Å².